The zero-order valence-corrected chi connectivity index (χ0v) is 22.2. The van der Waals surface area contributed by atoms with Crippen LogP contribution < -0.4 is 0 Å². The van der Waals surface area contributed by atoms with Crippen LogP contribution in [0.1, 0.15) is 122 Å². The molecule has 0 saturated carbocycles. The fraction of sp³-hybridized carbons (Fsp3) is 0.769. The zero-order chi connectivity index (χ0) is 28.8. The molecule has 224 valence electrons. The molecular formula is C26H45MgNaO12. The Morgan fingerprint density at radius 2 is 0.875 bits per heavy atom. The summed E-state index contributed by atoms with van der Waals surface area (Å²) in [5, 5.41) is 27.3. The van der Waals surface area contributed by atoms with Crippen molar-refractivity contribution in [3.05, 3.63) is 0 Å². The van der Waals surface area contributed by atoms with Gasteiger partial charge in [0.1, 0.15) is 0 Å². The first-order valence-corrected chi connectivity index (χ1v) is 13.3. The second-order valence-electron chi connectivity index (χ2n) is 9.33. The van der Waals surface area contributed by atoms with Gasteiger partial charge in [0.05, 0.1) is 12.8 Å². The van der Waals surface area contributed by atoms with Gasteiger partial charge >= 0.3 is 88.8 Å². The van der Waals surface area contributed by atoms with Gasteiger partial charge < -0.3 is 29.5 Å². The molecule has 0 amide bonds. The molecule has 0 unspecified atom stereocenters. The van der Waals surface area contributed by atoms with Crippen LogP contribution in [-0.2, 0) is 33.4 Å². The third kappa shape index (κ3) is 24.5. The standard InChI is InChI=1S/C26H42O12.Mg.Na.3H/c1-2-3-4-5-6-7-8-9-10-11-12-13-14-15-16-17-20(27)36-23(30)26(35,18-21(28)37-24(31)32)19-22(29)38-25(33)34;;;;;/h35H,2-19H2,1H3,(H,31,32)(H,33,34);;;;;. The summed E-state index contributed by atoms with van der Waals surface area (Å²) in [7, 11) is 0. The van der Waals surface area contributed by atoms with Gasteiger partial charge in [0.15, 0.2) is 5.60 Å². The Labute approximate surface area is 273 Å². The van der Waals surface area contributed by atoms with E-state index in [9.17, 15) is 33.9 Å². The molecule has 12 nitrogen and oxygen atoms in total. The van der Waals surface area contributed by atoms with Crippen molar-refractivity contribution in [2.24, 2.45) is 0 Å². The van der Waals surface area contributed by atoms with Crippen LogP contribution in [0.25, 0.3) is 0 Å². The average molecular weight is 597 g/mol. The van der Waals surface area contributed by atoms with Crippen molar-refractivity contribution in [1.29, 1.82) is 0 Å². The number of carbonyl (C=O) groups excluding carboxylic acids is 4. The number of unbranched alkanes of at least 4 members (excludes halogenated alkanes) is 14. The van der Waals surface area contributed by atoms with E-state index in [1.165, 1.54) is 64.2 Å². The monoisotopic (exact) mass is 596 g/mol. The molecule has 0 bridgehead atoms. The van der Waals surface area contributed by atoms with Crippen molar-refractivity contribution in [1.82, 2.24) is 0 Å². The van der Waals surface area contributed by atoms with E-state index in [0.717, 1.165) is 19.3 Å². The predicted octanol–water partition coefficient (Wildman–Crippen LogP) is 3.71. The Kier molecular flexibility index (Phi) is 28.8. The minimum absolute atomic E-state index is 0. The molecule has 0 aromatic carbocycles. The molecule has 0 aliphatic carbocycles. The molecule has 0 fully saturated rings. The molecule has 0 aromatic heterocycles. The Morgan fingerprint density at radius 1 is 0.550 bits per heavy atom. The van der Waals surface area contributed by atoms with E-state index in [1.54, 1.807) is 0 Å². The summed E-state index contributed by atoms with van der Waals surface area (Å²) in [5.41, 5.74) is -3.07. The summed E-state index contributed by atoms with van der Waals surface area (Å²) in [6, 6.07) is 0. The first-order chi connectivity index (χ1) is 18.0. The third-order valence-electron chi connectivity index (χ3n) is 5.85. The van der Waals surface area contributed by atoms with Crippen molar-refractivity contribution in [3.8, 4) is 0 Å². The summed E-state index contributed by atoms with van der Waals surface area (Å²) in [6.07, 6.45) is 9.90. The first kappa shape index (κ1) is 43.2. The normalized spacial score (nSPS) is 10.4. The Hall–Kier alpha value is -1.25. The van der Waals surface area contributed by atoms with E-state index in [2.05, 4.69) is 21.1 Å². The van der Waals surface area contributed by atoms with E-state index in [-0.39, 0.29) is 59.0 Å². The molecule has 40 heavy (non-hydrogen) atoms. The molecule has 0 heterocycles. The van der Waals surface area contributed by atoms with Crippen LogP contribution in [0.5, 0.6) is 0 Å². The Balaban J connectivity index is -0.00000684. The minimum atomic E-state index is -3.07. The molecule has 0 atom stereocenters. The molecule has 0 rings (SSSR count). The maximum atomic E-state index is 12.3. The van der Waals surface area contributed by atoms with Gasteiger partial charge in [-0.3, -0.25) is 14.4 Å². The van der Waals surface area contributed by atoms with Crippen LogP contribution in [0.3, 0.4) is 0 Å². The van der Waals surface area contributed by atoms with Crippen LogP contribution in [0.4, 0.5) is 9.59 Å². The van der Waals surface area contributed by atoms with Gasteiger partial charge in [-0.25, -0.2) is 14.4 Å². The van der Waals surface area contributed by atoms with Crippen LogP contribution in [0, 0.1) is 0 Å². The molecular weight excluding hydrogens is 552 g/mol. The van der Waals surface area contributed by atoms with Crippen molar-refractivity contribution < 1.29 is 58.3 Å². The van der Waals surface area contributed by atoms with Crippen LogP contribution in [0.2, 0.25) is 0 Å². The summed E-state index contributed by atoms with van der Waals surface area (Å²) in [6.45, 7) is 2.22. The van der Waals surface area contributed by atoms with Gasteiger partial charge in [-0.2, -0.15) is 0 Å². The van der Waals surface area contributed by atoms with Gasteiger partial charge in [0, 0.05) is 6.42 Å². The number of ether oxygens (including phenoxy) is 3. The van der Waals surface area contributed by atoms with E-state index in [0.29, 0.717) is 12.8 Å². The van der Waals surface area contributed by atoms with Gasteiger partial charge in [-0.05, 0) is 6.42 Å². The van der Waals surface area contributed by atoms with Gasteiger partial charge in [0.25, 0.3) is 0 Å². The number of carboxylic acid groups (broad SMARTS) is 2. The van der Waals surface area contributed by atoms with Crippen molar-refractivity contribution >= 4 is 88.8 Å². The number of aliphatic hydroxyl groups is 1. The van der Waals surface area contributed by atoms with Gasteiger partial charge in [0.2, 0.25) is 0 Å². The van der Waals surface area contributed by atoms with E-state index in [4.69, 9.17) is 10.2 Å². The first-order valence-electron chi connectivity index (χ1n) is 13.3. The molecule has 0 aliphatic rings. The van der Waals surface area contributed by atoms with E-state index in [1.807, 2.05) is 0 Å². The zero-order valence-electron chi connectivity index (χ0n) is 22.2. The van der Waals surface area contributed by atoms with Crippen molar-refractivity contribution in [2.45, 2.75) is 128 Å². The maximum absolute atomic E-state index is 12.3. The van der Waals surface area contributed by atoms with Crippen molar-refractivity contribution in [3.63, 3.8) is 0 Å². The number of hydrogen-bond acceptors (Lipinski definition) is 10. The molecule has 3 N–H and O–H groups in total. The summed E-state index contributed by atoms with van der Waals surface area (Å²) in [5.74, 6) is -6.01. The summed E-state index contributed by atoms with van der Waals surface area (Å²) >= 11 is 0. The summed E-state index contributed by atoms with van der Waals surface area (Å²) < 4.78 is 12.1. The van der Waals surface area contributed by atoms with Gasteiger partial charge in [-0.15, -0.1) is 0 Å². The fourth-order valence-corrected chi connectivity index (χ4v) is 3.84. The number of hydrogen-bond donors (Lipinski definition) is 3. The molecule has 0 spiro atoms. The average Bonchev–Trinajstić information content (AvgIpc) is 2.80. The van der Waals surface area contributed by atoms with Crippen LogP contribution in [0.15, 0.2) is 0 Å². The number of carbonyl (C=O) groups is 6. The Morgan fingerprint density at radius 3 is 1.20 bits per heavy atom. The fourth-order valence-electron chi connectivity index (χ4n) is 3.84. The number of esters is 4. The molecule has 0 radical (unpaired) electrons. The third-order valence-corrected chi connectivity index (χ3v) is 5.85. The molecule has 0 aromatic rings. The molecule has 0 aliphatic heterocycles. The second kappa shape index (κ2) is 26.6. The number of rotatable bonds is 21. The molecule has 0 saturated heterocycles. The van der Waals surface area contributed by atoms with Crippen molar-refractivity contribution in [2.75, 3.05) is 0 Å². The summed E-state index contributed by atoms with van der Waals surface area (Å²) in [4.78, 5) is 68.3. The van der Waals surface area contributed by atoms with E-state index < -0.39 is 54.6 Å². The van der Waals surface area contributed by atoms with Crippen LogP contribution >= 0.6 is 0 Å². The quantitative estimate of drug-likeness (QED) is 0.0573. The van der Waals surface area contributed by atoms with Crippen LogP contribution in [-0.4, -0.2) is 110 Å². The topological polar surface area (TPSA) is 191 Å². The predicted molar refractivity (Wildman–Crippen MR) is 149 cm³/mol. The SMILES string of the molecule is CCCCCCCCCCCCCCCCCC(=O)OC(=O)C(O)(CC(=O)OC(=O)O)CC(=O)OC(=O)O.[MgH2].[NaH]. The second-order valence-corrected chi connectivity index (χ2v) is 9.33. The van der Waals surface area contributed by atoms with Gasteiger partial charge in [-0.1, -0.05) is 96.8 Å². The molecule has 14 heteroatoms. The van der Waals surface area contributed by atoms with E-state index >= 15 is 0 Å². The Bertz CT molecular complexity index is 745.